The number of esters is 1. The molecule has 0 spiro atoms. The zero-order valence-electron chi connectivity index (χ0n) is 5.57. The summed E-state index contributed by atoms with van der Waals surface area (Å²) in [6.45, 7) is 1.79. The number of rotatable bonds is 1. The van der Waals surface area contributed by atoms with Gasteiger partial charge in [0.15, 0.2) is 6.10 Å². The van der Waals surface area contributed by atoms with Gasteiger partial charge in [-0.25, -0.2) is 4.79 Å². The van der Waals surface area contributed by atoms with Gasteiger partial charge in [-0.3, -0.25) is 0 Å². The molecule has 0 radical (unpaired) electrons. The molecule has 0 aromatic heterocycles. The van der Waals surface area contributed by atoms with E-state index in [1.54, 1.807) is 19.1 Å². The smallest absolute Gasteiger partial charge is 0.335 e. The molecule has 1 atom stereocenters. The number of carbonyl (C=O) groups is 1. The third-order valence-corrected chi connectivity index (χ3v) is 1.17. The van der Waals surface area contributed by atoms with Crippen molar-refractivity contribution in [1.29, 1.82) is 0 Å². The molecule has 0 amide bonds. The van der Waals surface area contributed by atoms with Crippen molar-refractivity contribution in [3.63, 3.8) is 0 Å². The highest BCUT2D eigenvalue weighted by Gasteiger charge is 2.22. The Morgan fingerprint density at radius 2 is 2.50 bits per heavy atom. The summed E-state index contributed by atoms with van der Waals surface area (Å²) in [5.41, 5.74) is 0. The van der Waals surface area contributed by atoms with Crippen LogP contribution >= 0.6 is 0 Å². The second-order valence-corrected chi connectivity index (χ2v) is 1.95. The number of aliphatic hydroxyl groups excluding tert-OH is 1. The molecule has 3 heteroatoms. The van der Waals surface area contributed by atoms with Gasteiger partial charge < -0.3 is 9.84 Å². The van der Waals surface area contributed by atoms with Gasteiger partial charge in [-0.1, -0.05) is 6.08 Å². The molecule has 0 fully saturated rings. The fourth-order valence-corrected chi connectivity index (χ4v) is 0.735. The number of hydrogen-bond acceptors (Lipinski definition) is 3. The summed E-state index contributed by atoms with van der Waals surface area (Å²) in [5.74, 6) is -0.510. The summed E-state index contributed by atoms with van der Waals surface area (Å²) in [7, 11) is 0. The van der Waals surface area contributed by atoms with Crippen molar-refractivity contribution in [2.75, 3.05) is 0 Å². The van der Waals surface area contributed by atoms with Crippen LogP contribution in [0.15, 0.2) is 24.0 Å². The lowest BCUT2D eigenvalue weighted by molar-refractivity contribution is -0.137. The van der Waals surface area contributed by atoms with Crippen molar-refractivity contribution in [3.05, 3.63) is 24.0 Å². The highest BCUT2D eigenvalue weighted by Crippen LogP contribution is 2.13. The first-order chi connectivity index (χ1) is 4.74. The minimum Gasteiger partial charge on any atom is -0.508 e. The third kappa shape index (κ3) is 1.18. The minimum absolute atomic E-state index is 0.0249. The SMILES string of the molecule is C/C=C/C1OC(=O)C=C1O. The van der Waals surface area contributed by atoms with E-state index in [2.05, 4.69) is 4.74 Å². The molecule has 1 rings (SSSR count). The Balaban J connectivity index is 2.68. The number of hydrogen-bond donors (Lipinski definition) is 1. The summed E-state index contributed by atoms with van der Waals surface area (Å²) >= 11 is 0. The Morgan fingerprint density at radius 3 is 2.90 bits per heavy atom. The molecule has 1 aliphatic heterocycles. The molecule has 0 aliphatic carbocycles. The van der Waals surface area contributed by atoms with Gasteiger partial charge in [0, 0.05) is 0 Å². The maximum atomic E-state index is 10.4. The Labute approximate surface area is 58.6 Å². The molecule has 3 nitrogen and oxygen atoms in total. The van der Waals surface area contributed by atoms with Gasteiger partial charge in [-0.15, -0.1) is 0 Å². The summed E-state index contributed by atoms with van der Waals surface area (Å²) in [4.78, 5) is 10.4. The van der Waals surface area contributed by atoms with Crippen molar-refractivity contribution >= 4 is 5.97 Å². The number of cyclic esters (lactones) is 1. The van der Waals surface area contributed by atoms with E-state index in [0.717, 1.165) is 6.08 Å². The largest absolute Gasteiger partial charge is 0.508 e. The van der Waals surface area contributed by atoms with E-state index in [1.165, 1.54) is 0 Å². The van der Waals surface area contributed by atoms with Gasteiger partial charge in [0.05, 0.1) is 6.08 Å². The van der Waals surface area contributed by atoms with Crippen LogP contribution in [0.1, 0.15) is 6.92 Å². The highest BCUT2D eigenvalue weighted by molar-refractivity contribution is 5.85. The molecule has 0 aromatic carbocycles. The molecule has 54 valence electrons. The standard InChI is InChI=1S/C7H8O3/c1-2-3-6-5(8)4-7(9)10-6/h2-4,6,8H,1H3/b3-2+. The van der Waals surface area contributed by atoms with E-state index < -0.39 is 12.1 Å². The molecule has 1 aliphatic rings. The van der Waals surface area contributed by atoms with Crippen LogP contribution in [0.25, 0.3) is 0 Å². The summed E-state index contributed by atoms with van der Waals surface area (Å²) in [6.07, 6.45) is 3.84. The van der Waals surface area contributed by atoms with E-state index in [9.17, 15) is 4.79 Å². The van der Waals surface area contributed by atoms with Gasteiger partial charge in [0.2, 0.25) is 0 Å². The van der Waals surface area contributed by atoms with E-state index in [-0.39, 0.29) is 5.76 Å². The van der Waals surface area contributed by atoms with Crippen LogP contribution < -0.4 is 0 Å². The zero-order chi connectivity index (χ0) is 7.56. The second kappa shape index (κ2) is 2.56. The topological polar surface area (TPSA) is 46.5 Å². The number of aliphatic hydroxyl groups is 1. The van der Waals surface area contributed by atoms with Gasteiger partial charge in [-0.05, 0) is 13.0 Å². The third-order valence-electron chi connectivity index (χ3n) is 1.17. The molecule has 1 N–H and O–H groups in total. The number of carbonyl (C=O) groups excluding carboxylic acids is 1. The number of ether oxygens (including phenoxy) is 1. The van der Waals surface area contributed by atoms with Crippen LogP contribution in [0.4, 0.5) is 0 Å². The molecule has 0 saturated heterocycles. The van der Waals surface area contributed by atoms with Crippen LogP contribution in [0, 0.1) is 0 Å². The van der Waals surface area contributed by atoms with E-state index in [1.807, 2.05) is 0 Å². The molecular weight excluding hydrogens is 132 g/mol. The van der Waals surface area contributed by atoms with E-state index >= 15 is 0 Å². The van der Waals surface area contributed by atoms with Crippen LogP contribution in [-0.2, 0) is 9.53 Å². The predicted octanol–water partition coefficient (Wildman–Crippen LogP) is 0.930. The highest BCUT2D eigenvalue weighted by atomic mass is 16.6. The van der Waals surface area contributed by atoms with E-state index in [4.69, 9.17) is 5.11 Å². The van der Waals surface area contributed by atoms with Crippen LogP contribution in [0.2, 0.25) is 0 Å². The minimum atomic E-state index is -0.558. The molecule has 0 aromatic rings. The monoisotopic (exact) mass is 140 g/mol. The first kappa shape index (κ1) is 6.86. The maximum Gasteiger partial charge on any atom is 0.335 e. The van der Waals surface area contributed by atoms with Crippen LogP contribution in [0.5, 0.6) is 0 Å². The predicted molar refractivity (Wildman–Crippen MR) is 35.4 cm³/mol. The van der Waals surface area contributed by atoms with Crippen LogP contribution in [-0.4, -0.2) is 17.2 Å². The Kier molecular flexibility index (Phi) is 1.76. The summed E-state index contributed by atoms with van der Waals surface area (Å²) in [5, 5.41) is 8.95. The molecular formula is C7H8O3. The molecule has 0 saturated carbocycles. The fraction of sp³-hybridized carbons (Fsp3) is 0.286. The molecule has 1 heterocycles. The van der Waals surface area contributed by atoms with Crippen molar-refractivity contribution < 1.29 is 14.6 Å². The first-order valence-electron chi connectivity index (χ1n) is 2.98. The Hall–Kier alpha value is -1.25. The molecule has 0 bridgehead atoms. The Bertz CT molecular complexity index is 203. The second-order valence-electron chi connectivity index (χ2n) is 1.95. The first-order valence-corrected chi connectivity index (χ1v) is 2.98. The molecule has 10 heavy (non-hydrogen) atoms. The van der Waals surface area contributed by atoms with Gasteiger partial charge in [0.25, 0.3) is 0 Å². The Morgan fingerprint density at radius 1 is 1.80 bits per heavy atom. The lowest BCUT2D eigenvalue weighted by atomic mass is 10.3. The normalized spacial score (nSPS) is 25.1. The maximum absolute atomic E-state index is 10.4. The number of allylic oxidation sites excluding steroid dienone is 1. The van der Waals surface area contributed by atoms with Gasteiger partial charge in [-0.2, -0.15) is 0 Å². The summed E-state index contributed by atoms with van der Waals surface area (Å²) in [6, 6.07) is 0. The quantitative estimate of drug-likeness (QED) is 0.435. The summed E-state index contributed by atoms with van der Waals surface area (Å²) < 4.78 is 4.65. The van der Waals surface area contributed by atoms with Crippen molar-refractivity contribution in [3.8, 4) is 0 Å². The van der Waals surface area contributed by atoms with Crippen LogP contribution in [0.3, 0.4) is 0 Å². The van der Waals surface area contributed by atoms with E-state index in [0.29, 0.717) is 0 Å². The average molecular weight is 140 g/mol. The average Bonchev–Trinajstić information content (AvgIpc) is 2.13. The fourth-order valence-electron chi connectivity index (χ4n) is 0.735. The van der Waals surface area contributed by atoms with Crippen molar-refractivity contribution in [2.45, 2.75) is 13.0 Å². The van der Waals surface area contributed by atoms with Crippen molar-refractivity contribution in [1.82, 2.24) is 0 Å². The van der Waals surface area contributed by atoms with Gasteiger partial charge >= 0.3 is 5.97 Å². The van der Waals surface area contributed by atoms with Gasteiger partial charge in [0.1, 0.15) is 5.76 Å². The lowest BCUT2D eigenvalue weighted by Gasteiger charge is -2.02. The lowest BCUT2D eigenvalue weighted by Crippen LogP contribution is -2.07. The molecule has 1 unspecified atom stereocenters. The van der Waals surface area contributed by atoms with Crippen molar-refractivity contribution in [2.24, 2.45) is 0 Å². The zero-order valence-corrected chi connectivity index (χ0v) is 5.57.